The number of amides is 1. The van der Waals surface area contributed by atoms with Gasteiger partial charge < -0.3 is 20.5 Å². The zero-order valence-corrected chi connectivity index (χ0v) is 15.9. The highest BCUT2D eigenvalue weighted by atomic mass is 32.1. The summed E-state index contributed by atoms with van der Waals surface area (Å²) in [5, 5.41) is 3.18. The second-order valence-corrected chi connectivity index (χ2v) is 7.46. The summed E-state index contributed by atoms with van der Waals surface area (Å²) in [5.74, 6) is 1.13. The number of methoxy groups -OCH3 is 1. The molecule has 4 rings (SSSR count). The maximum absolute atomic E-state index is 13.0. The molecule has 1 atom stereocenters. The third-order valence-corrected chi connectivity index (χ3v) is 5.53. The van der Waals surface area contributed by atoms with E-state index in [4.69, 9.17) is 15.2 Å². The lowest BCUT2D eigenvalue weighted by atomic mass is 9.91. The van der Waals surface area contributed by atoms with Gasteiger partial charge in [-0.15, -0.1) is 0 Å². The molecule has 8 heteroatoms. The molecule has 6 nitrogen and oxygen atoms in total. The number of thiazole rings is 1. The van der Waals surface area contributed by atoms with E-state index in [1.807, 2.05) is 18.2 Å². The van der Waals surface area contributed by atoms with E-state index >= 15 is 0 Å². The van der Waals surface area contributed by atoms with Crippen LogP contribution in [-0.4, -0.2) is 18.0 Å². The zero-order chi connectivity index (χ0) is 19.7. The maximum Gasteiger partial charge on any atom is 0.226 e. The summed E-state index contributed by atoms with van der Waals surface area (Å²) in [4.78, 5) is 17.2. The molecule has 144 valence electrons. The summed E-state index contributed by atoms with van der Waals surface area (Å²) in [7, 11) is 1.56. The quantitative estimate of drug-likeness (QED) is 0.679. The molecular formula is C20H18FN3O3S. The highest BCUT2D eigenvalue weighted by molar-refractivity contribution is 7.16. The molecule has 2 heterocycles. The smallest absolute Gasteiger partial charge is 0.226 e. The number of carbonyl (C=O) groups excluding carboxylic acids is 1. The summed E-state index contributed by atoms with van der Waals surface area (Å²) in [6.45, 7) is 0.289. The van der Waals surface area contributed by atoms with Crippen molar-refractivity contribution in [1.82, 2.24) is 4.98 Å². The van der Waals surface area contributed by atoms with E-state index in [2.05, 4.69) is 10.3 Å². The molecule has 1 aliphatic heterocycles. The van der Waals surface area contributed by atoms with Crippen molar-refractivity contribution >= 4 is 28.2 Å². The fourth-order valence-corrected chi connectivity index (χ4v) is 4.08. The maximum atomic E-state index is 13.0. The van der Waals surface area contributed by atoms with Crippen LogP contribution in [0.3, 0.4) is 0 Å². The van der Waals surface area contributed by atoms with Crippen LogP contribution >= 0.6 is 11.3 Å². The lowest BCUT2D eigenvalue weighted by molar-refractivity contribution is -0.116. The number of ether oxygens (including phenoxy) is 2. The standard InChI is InChI=1S/C20H18FN3O3S/c1-26-16-8-12(14-9-17(25)23-19-18(14)28-20(22)24-19)4-7-15(16)27-10-11-2-5-13(21)6-3-11/h2-8,14H,9-10H2,1H3,(H2,22,24)(H,23,25)/t14-/m1/s1. The number of anilines is 2. The number of hydrogen-bond donors (Lipinski definition) is 2. The monoisotopic (exact) mass is 399 g/mol. The van der Waals surface area contributed by atoms with Crippen LogP contribution < -0.4 is 20.5 Å². The van der Waals surface area contributed by atoms with Crippen LogP contribution in [0, 0.1) is 5.82 Å². The fraction of sp³-hybridized carbons (Fsp3) is 0.200. The van der Waals surface area contributed by atoms with Crippen LogP contribution in [0.5, 0.6) is 11.5 Å². The number of fused-ring (bicyclic) bond motifs is 1. The number of rotatable bonds is 5. The predicted octanol–water partition coefficient (Wildman–Crippen LogP) is 3.93. The van der Waals surface area contributed by atoms with Crippen molar-refractivity contribution in [3.63, 3.8) is 0 Å². The summed E-state index contributed by atoms with van der Waals surface area (Å²) < 4.78 is 24.3. The SMILES string of the molecule is COc1cc([C@H]2CC(=O)Nc3nc(N)sc32)ccc1OCc1ccc(F)cc1. The average Bonchev–Trinajstić information content (AvgIpc) is 3.06. The van der Waals surface area contributed by atoms with Crippen LogP contribution in [0.1, 0.15) is 28.3 Å². The molecule has 0 bridgehead atoms. The number of hydrogen-bond acceptors (Lipinski definition) is 6. The summed E-state index contributed by atoms with van der Waals surface area (Å²) >= 11 is 1.37. The molecule has 0 fully saturated rings. The van der Waals surface area contributed by atoms with E-state index < -0.39 is 0 Å². The van der Waals surface area contributed by atoms with Crippen LogP contribution in [0.4, 0.5) is 15.3 Å². The van der Waals surface area contributed by atoms with E-state index in [0.717, 1.165) is 16.0 Å². The van der Waals surface area contributed by atoms with Gasteiger partial charge in [0.05, 0.1) is 12.0 Å². The van der Waals surface area contributed by atoms with Crippen molar-refractivity contribution in [1.29, 1.82) is 0 Å². The van der Waals surface area contributed by atoms with Gasteiger partial charge in [0.15, 0.2) is 16.6 Å². The molecule has 2 aromatic carbocycles. The summed E-state index contributed by atoms with van der Waals surface area (Å²) in [6.07, 6.45) is 0.313. The van der Waals surface area contributed by atoms with Gasteiger partial charge in [-0.2, -0.15) is 0 Å². The lowest BCUT2D eigenvalue weighted by Crippen LogP contribution is -2.22. The third-order valence-electron chi connectivity index (χ3n) is 4.53. The Bertz CT molecular complexity index is 1020. The van der Waals surface area contributed by atoms with Gasteiger partial charge in [0.1, 0.15) is 18.2 Å². The number of nitrogens with one attached hydrogen (secondary N) is 1. The normalized spacial score (nSPS) is 15.6. The number of benzene rings is 2. The Hall–Kier alpha value is -3.13. The summed E-state index contributed by atoms with van der Waals surface area (Å²) in [6, 6.07) is 11.7. The Kier molecular flexibility index (Phi) is 4.87. The Morgan fingerprint density at radius 1 is 1.25 bits per heavy atom. The molecule has 0 aliphatic carbocycles. The number of nitrogen functional groups attached to an aromatic ring is 1. The van der Waals surface area contributed by atoms with Gasteiger partial charge >= 0.3 is 0 Å². The first kappa shape index (κ1) is 18.2. The third kappa shape index (κ3) is 3.63. The highest BCUT2D eigenvalue weighted by Crippen LogP contribution is 2.43. The molecule has 0 saturated carbocycles. The van der Waals surface area contributed by atoms with Crippen LogP contribution in [-0.2, 0) is 11.4 Å². The Morgan fingerprint density at radius 2 is 2.04 bits per heavy atom. The van der Waals surface area contributed by atoms with Crippen LogP contribution in [0.15, 0.2) is 42.5 Å². The van der Waals surface area contributed by atoms with E-state index in [9.17, 15) is 9.18 Å². The van der Waals surface area contributed by atoms with Crippen molar-refractivity contribution in [2.24, 2.45) is 0 Å². The van der Waals surface area contributed by atoms with E-state index in [-0.39, 0.29) is 24.2 Å². The van der Waals surface area contributed by atoms with Gasteiger partial charge in [-0.1, -0.05) is 29.5 Å². The van der Waals surface area contributed by atoms with Gasteiger partial charge in [0, 0.05) is 12.3 Å². The molecule has 3 aromatic rings. The molecular weight excluding hydrogens is 381 g/mol. The first-order valence-electron chi connectivity index (χ1n) is 8.64. The zero-order valence-electron chi connectivity index (χ0n) is 15.1. The van der Waals surface area contributed by atoms with E-state index in [0.29, 0.717) is 28.9 Å². The van der Waals surface area contributed by atoms with Gasteiger partial charge in [-0.05, 0) is 35.4 Å². The predicted molar refractivity (Wildman–Crippen MR) is 105 cm³/mol. The van der Waals surface area contributed by atoms with Crippen LogP contribution in [0.2, 0.25) is 0 Å². The second-order valence-electron chi connectivity index (χ2n) is 6.40. The molecule has 1 amide bonds. The topological polar surface area (TPSA) is 86.5 Å². The largest absolute Gasteiger partial charge is 0.493 e. The van der Waals surface area contributed by atoms with E-state index in [1.54, 1.807) is 19.2 Å². The first-order valence-corrected chi connectivity index (χ1v) is 9.46. The Labute approximate surface area is 165 Å². The minimum atomic E-state index is -0.287. The van der Waals surface area contributed by atoms with E-state index in [1.165, 1.54) is 23.5 Å². The number of aromatic nitrogens is 1. The highest BCUT2D eigenvalue weighted by Gasteiger charge is 2.30. The van der Waals surface area contributed by atoms with Gasteiger partial charge in [-0.3, -0.25) is 4.79 Å². The van der Waals surface area contributed by atoms with Gasteiger partial charge in [-0.25, -0.2) is 9.37 Å². The number of carbonyl (C=O) groups is 1. The van der Waals surface area contributed by atoms with Crippen molar-refractivity contribution in [2.45, 2.75) is 18.9 Å². The number of nitrogens with zero attached hydrogens (tertiary/aromatic N) is 1. The summed E-state index contributed by atoms with van der Waals surface area (Å²) in [5.41, 5.74) is 7.59. The minimum absolute atomic E-state index is 0.0987. The van der Waals surface area contributed by atoms with Crippen molar-refractivity contribution < 1.29 is 18.7 Å². The van der Waals surface area contributed by atoms with Gasteiger partial charge in [0.25, 0.3) is 0 Å². The Morgan fingerprint density at radius 3 is 2.79 bits per heavy atom. The van der Waals surface area contributed by atoms with Crippen molar-refractivity contribution in [3.05, 3.63) is 64.3 Å². The molecule has 1 aromatic heterocycles. The molecule has 1 aliphatic rings. The van der Waals surface area contributed by atoms with Crippen LogP contribution in [0.25, 0.3) is 0 Å². The lowest BCUT2D eigenvalue weighted by Gasteiger charge is -2.22. The minimum Gasteiger partial charge on any atom is -0.493 e. The molecule has 0 radical (unpaired) electrons. The molecule has 0 spiro atoms. The average molecular weight is 399 g/mol. The fourth-order valence-electron chi connectivity index (χ4n) is 3.17. The second kappa shape index (κ2) is 7.47. The Balaban J connectivity index is 1.58. The number of halogens is 1. The van der Waals surface area contributed by atoms with Gasteiger partial charge in [0.2, 0.25) is 5.91 Å². The van der Waals surface area contributed by atoms with Crippen molar-refractivity contribution in [3.8, 4) is 11.5 Å². The molecule has 3 N–H and O–H groups in total. The molecule has 0 unspecified atom stereocenters. The van der Waals surface area contributed by atoms with Crippen molar-refractivity contribution in [2.75, 3.05) is 18.2 Å². The molecule has 0 saturated heterocycles. The number of nitrogens with two attached hydrogens (primary N) is 1. The molecule has 28 heavy (non-hydrogen) atoms. The first-order chi connectivity index (χ1) is 13.5.